The molecule has 1 amide bonds. The average molecular weight is 256 g/mol. The average Bonchev–Trinajstić information content (AvgIpc) is 2.46. The highest BCUT2D eigenvalue weighted by atomic mass is 16.1. The Morgan fingerprint density at radius 2 is 1.95 bits per heavy atom. The van der Waals surface area contributed by atoms with Gasteiger partial charge in [0.15, 0.2) is 0 Å². The van der Waals surface area contributed by atoms with E-state index in [0.29, 0.717) is 0 Å². The number of hydrogen-bond donors (Lipinski definition) is 2. The molecule has 1 fully saturated rings. The Balaban J connectivity index is 2.14. The fourth-order valence-corrected chi connectivity index (χ4v) is 2.03. The lowest BCUT2D eigenvalue weighted by molar-refractivity contribution is -0.114. The van der Waals surface area contributed by atoms with Crippen LogP contribution in [-0.4, -0.2) is 32.1 Å². The molecule has 5 heteroatoms. The summed E-state index contributed by atoms with van der Waals surface area (Å²) in [5, 5.41) is 12.1. The number of nitrogens with two attached hydrogens (primary N) is 1. The molecule has 19 heavy (non-hydrogen) atoms. The van der Waals surface area contributed by atoms with Gasteiger partial charge in [0.2, 0.25) is 0 Å². The molecule has 1 aliphatic rings. The van der Waals surface area contributed by atoms with E-state index in [-0.39, 0.29) is 5.57 Å². The van der Waals surface area contributed by atoms with Crippen LogP contribution >= 0.6 is 0 Å². The Hall–Kier alpha value is -2.32. The number of rotatable bonds is 3. The van der Waals surface area contributed by atoms with Crippen LogP contribution in [0, 0.1) is 11.3 Å². The van der Waals surface area contributed by atoms with Crippen LogP contribution in [0.4, 0.5) is 5.69 Å². The van der Waals surface area contributed by atoms with Crippen molar-refractivity contribution in [1.29, 1.82) is 5.26 Å². The molecule has 1 saturated heterocycles. The fourth-order valence-electron chi connectivity index (χ4n) is 2.03. The molecule has 1 aromatic rings. The van der Waals surface area contributed by atoms with Gasteiger partial charge in [-0.1, -0.05) is 12.1 Å². The number of carbonyl (C=O) groups is 1. The minimum Gasteiger partial charge on any atom is -0.369 e. The molecule has 0 bridgehead atoms. The first-order valence-corrected chi connectivity index (χ1v) is 6.18. The van der Waals surface area contributed by atoms with Crippen molar-refractivity contribution in [3.8, 4) is 6.07 Å². The van der Waals surface area contributed by atoms with Crippen LogP contribution in [0.1, 0.15) is 5.56 Å². The van der Waals surface area contributed by atoms with Crippen LogP contribution in [0.15, 0.2) is 29.8 Å². The first-order valence-electron chi connectivity index (χ1n) is 6.18. The maximum absolute atomic E-state index is 11.0. The van der Waals surface area contributed by atoms with E-state index in [9.17, 15) is 4.79 Å². The summed E-state index contributed by atoms with van der Waals surface area (Å²) in [6.45, 7) is 3.95. The number of nitrogens with one attached hydrogen (secondary N) is 1. The topological polar surface area (TPSA) is 82.2 Å². The zero-order valence-electron chi connectivity index (χ0n) is 10.6. The standard InChI is InChI=1S/C14H16N4O/c15-10-12(14(16)19)9-11-1-3-13(4-2-11)18-7-5-17-6-8-18/h1-4,9,17H,5-8H2,(H2,16,19)/b12-9+. The zero-order chi connectivity index (χ0) is 13.7. The molecular formula is C14H16N4O. The molecule has 2 rings (SSSR count). The molecule has 0 atom stereocenters. The second-order valence-electron chi connectivity index (χ2n) is 4.36. The largest absolute Gasteiger partial charge is 0.369 e. The lowest BCUT2D eigenvalue weighted by Crippen LogP contribution is -2.43. The predicted octanol–water partition coefficient (Wildman–Crippen LogP) is 0.488. The summed E-state index contributed by atoms with van der Waals surface area (Å²) >= 11 is 0. The van der Waals surface area contributed by atoms with Gasteiger partial charge in [-0.3, -0.25) is 4.79 Å². The maximum atomic E-state index is 11.0. The van der Waals surface area contributed by atoms with Gasteiger partial charge in [-0.25, -0.2) is 0 Å². The molecular weight excluding hydrogens is 240 g/mol. The molecule has 0 aromatic heterocycles. The van der Waals surface area contributed by atoms with Crippen LogP contribution < -0.4 is 16.0 Å². The lowest BCUT2D eigenvalue weighted by Gasteiger charge is -2.29. The summed E-state index contributed by atoms with van der Waals surface area (Å²) in [7, 11) is 0. The van der Waals surface area contributed by atoms with Crippen molar-refractivity contribution in [2.24, 2.45) is 5.73 Å². The van der Waals surface area contributed by atoms with E-state index < -0.39 is 5.91 Å². The quantitative estimate of drug-likeness (QED) is 0.609. The highest BCUT2D eigenvalue weighted by Crippen LogP contribution is 2.17. The molecule has 0 saturated carbocycles. The second kappa shape index (κ2) is 6.03. The highest BCUT2D eigenvalue weighted by Gasteiger charge is 2.10. The number of hydrogen-bond acceptors (Lipinski definition) is 4. The van der Waals surface area contributed by atoms with Crippen LogP contribution in [0.25, 0.3) is 6.08 Å². The van der Waals surface area contributed by atoms with E-state index in [2.05, 4.69) is 10.2 Å². The molecule has 1 aromatic carbocycles. The highest BCUT2D eigenvalue weighted by molar-refractivity contribution is 6.00. The first-order chi connectivity index (χ1) is 9.20. The van der Waals surface area contributed by atoms with Gasteiger partial charge in [0.05, 0.1) is 0 Å². The van der Waals surface area contributed by atoms with Crippen LogP contribution in [-0.2, 0) is 4.79 Å². The third kappa shape index (κ3) is 3.33. The Morgan fingerprint density at radius 1 is 1.32 bits per heavy atom. The number of nitriles is 1. The van der Waals surface area contributed by atoms with Crippen molar-refractivity contribution in [1.82, 2.24) is 5.32 Å². The molecule has 1 aliphatic heterocycles. The molecule has 98 valence electrons. The van der Waals surface area contributed by atoms with Crippen molar-refractivity contribution in [3.05, 3.63) is 35.4 Å². The molecule has 0 radical (unpaired) electrons. The minimum absolute atomic E-state index is 0.0325. The van der Waals surface area contributed by atoms with Crippen LogP contribution in [0.2, 0.25) is 0 Å². The number of benzene rings is 1. The lowest BCUT2D eigenvalue weighted by atomic mass is 10.1. The Morgan fingerprint density at radius 3 is 2.47 bits per heavy atom. The summed E-state index contributed by atoms with van der Waals surface area (Å²) in [6.07, 6.45) is 1.50. The smallest absolute Gasteiger partial charge is 0.259 e. The van der Waals surface area contributed by atoms with Gasteiger partial charge < -0.3 is 16.0 Å². The van der Waals surface area contributed by atoms with E-state index in [1.165, 1.54) is 6.08 Å². The normalized spacial score (nSPS) is 15.9. The van der Waals surface area contributed by atoms with Crippen molar-refractivity contribution in [3.63, 3.8) is 0 Å². The van der Waals surface area contributed by atoms with E-state index >= 15 is 0 Å². The predicted molar refractivity (Wildman–Crippen MR) is 74.3 cm³/mol. The minimum atomic E-state index is -0.700. The summed E-state index contributed by atoms with van der Waals surface area (Å²) in [4.78, 5) is 13.3. The third-order valence-corrected chi connectivity index (χ3v) is 3.07. The van der Waals surface area contributed by atoms with Crippen LogP contribution in [0.3, 0.4) is 0 Å². The Labute approximate surface area is 112 Å². The number of anilines is 1. The number of carbonyl (C=O) groups excluding carboxylic acids is 1. The van der Waals surface area contributed by atoms with Gasteiger partial charge >= 0.3 is 0 Å². The van der Waals surface area contributed by atoms with E-state index in [4.69, 9.17) is 11.0 Å². The monoisotopic (exact) mass is 256 g/mol. The molecule has 5 nitrogen and oxygen atoms in total. The summed E-state index contributed by atoms with van der Waals surface area (Å²) in [6, 6.07) is 9.56. The SMILES string of the molecule is N#C/C(=C\c1ccc(N2CCNCC2)cc1)C(N)=O. The van der Waals surface area contributed by atoms with Gasteiger partial charge in [0, 0.05) is 31.9 Å². The second-order valence-corrected chi connectivity index (χ2v) is 4.36. The molecule has 3 N–H and O–H groups in total. The van der Waals surface area contributed by atoms with E-state index in [0.717, 1.165) is 37.4 Å². The summed E-state index contributed by atoms with van der Waals surface area (Å²) < 4.78 is 0. The molecule has 0 unspecified atom stereocenters. The number of amides is 1. The number of nitrogens with zero attached hydrogens (tertiary/aromatic N) is 2. The zero-order valence-corrected chi connectivity index (χ0v) is 10.6. The number of primary amides is 1. The van der Waals surface area contributed by atoms with E-state index in [1.54, 1.807) is 6.07 Å². The van der Waals surface area contributed by atoms with E-state index in [1.807, 2.05) is 24.3 Å². The van der Waals surface area contributed by atoms with Gasteiger partial charge in [-0.15, -0.1) is 0 Å². The van der Waals surface area contributed by atoms with Crippen LogP contribution in [0.5, 0.6) is 0 Å². The van der Waals surface area contributed by atoms with Crippen molar-refractivity contribution in [2.75, 3.05) is 31.1 Å². The van der Waals surface area contributed by atoms with Crippen molar-refractivity contribution < 1.29 is 4.79 Å². The number of piperazine rings is 1. The molecule has 0 aliphatic carbocycles. The first kappa shape index (κ1) is 13.1. The Kier molecular flexibility index (Phi) is 4.16. The van der Waals surface area contributed by atoms with Gasteiger partial charge in [0.25, 0.3) is 5.91 Å². The van der Waals surface area contributed by atoms with Gasteiger partial charge in [-0.2, -0.15) is 5.26 Å². The maximum Gasteiger partial charge on any atom is 0.259 e. The molecule has 1 heterocycles. The van der Waals surface area contributed by atoms with Crippen molar-refractivity contribution >= 4 is 17.7 Å². The summed E-state index contributed by atoms with van der Waals surface area (Å²) in [5.74, 6) is -0.700. The van der Waals surface area contributed by atoms with Crippen molar-refractivity contribution in [2.45, 2.75) is 0 Å². The fraction of sp³-hybridized carbons (Fsp3) is 0.286. The summed E-state index contributed by atoms with van der Waals surface area (Å²) in [5.41, 5.74) is 7.01. The molecule has 0 spiro atoms. The third-order valence-electron chi connectivity index (χ3n) is 3.07. The Bertz CT molecular complexity index is 521. The van der Waals surface area contributed by atoms with Gasteiger partial charge in [0.1, 0.15) is 11.6 Å². The van der Waals surface area contributed by atoms with Gasteiger partial charge in [-0.05, 0) is 23.8 Å².